The van der Waals surface area contributed by atoms with Gasteiger partial charge in [-0.1, -0.05) is 35.9 Å². The van der Waals surface area contributed by atoms with Gasteiger partial charge in [-0.2, -0.15) is 0 Å². The summed E-state index contributed by atoms with van der Waals surface area (Å²) in [5.41, 5.74) is 2.32. The number of likely N-dealkylation sites (N-methyl/N-ethyl adjacent to an activating group) is 1. The summed E-state index contributed by atoms with van der Waals surface area (Å²) in [6.07, 6.45) is 0. The Morgan fingerprint density at radius 2 is 1.81 bits per heavy atom. The van der Waals surface area contributed by atoms with E-state index in [4.69, 9.17) is 11.6 Å². The molecule has 0 radical (unpaired) electrons. The molecule has 0 aliphatic carbocycles. The van der Waals surface area contributed by atoms with Crippen molar-refractivity contribution in [2.24, 2.45) is 0 Å². The van der Waals surface area contributed by atoms with Crippen LogP contribution in [0, 0.1) is 0 Å². The lowest BCUT2D eigenvalue weighted by molar-refractivity contribution is -0.114. The van der Waals surface area contributed by atoms with Crippen LogP contribution in [0.2, 0.25) is 5.02 Å². The molecule has 2 aromatic carbocycles. The fraction of sp³-hybridized carbons (Fsp3) is 0.158. The number of phenols is 1. The van der Waals surface area contributed by atoms with Gasteiger partial charge in [-0.3, -0.25) is 14.6 Å². The zero-order valence-corrected chi connectivity index (χ0v) is 14.7. The van der Waals surface area contributed by atoms with E-state index in [9.17, 15) is 14.7 Å². The predicted octanol–water partition coefficient (Wildman–Crippen LogP) is 3.04. The van der Waals surface area contributed by atoms with Gasteiger partial charge < -0.3 is 10.4 Å². The van der Waals surface area contributed by atoms with Crippen molar-refractivity contribution < 1.29 is 14.7 Å². The monoisotopic (exact) mass is 369 g/mol. The van der Waals surface area contributed by atoms with Gasteiger partial charge in [-0.15, -0.1) is 0 Å². The Morgan fingerprint density at radius 3 is 2.50 bits per heavy atom. The van der Waals surface area contributed by atoms with E-state index in [0.717, 1.165) is 5.56 Å². The lowest BCUT2D eigenvalue weighted by Gasteiger charge is -2.31. The molecular weight excluding hydrogens is 354 g/mol. The summed E-state index contributed by atoms with van der Waals surface area (Å²) in [4.78, 5) is 28.5. The van der Waals surface area contributed by atoms with Crippen LogP contribution in [-0.2, 0) is 4.79 Å². The second kappa shape index (κ2) is 6.07. The molecule has 0 saturated heterocycles. The number of urea groups is 1. The molecule has 2 aliphatic heterocycles. The molecule has 7 heteroatoms. The SMILES string of the molecule is CN1C(=O)N[C@@H](c2ccc(Cl)cc2)C2=C1CN(c1ccccc1O)C2=O. The smallest absolute Gasteiger partial charge is 0.322 e. The first-order chi connectivity index (χ1) is 12.5. The minimum absolute atomic E-state index is 0.0191. The van der Waals surface area contributed by atoms with Gasteiger partial charge in [0, 0.05) is 12.1 Å². The topological polar surface area (TPSA) is 72.9 Å². The number of halogens is 1. The number of carbonyl (C=O) groups excluding carboxylic acids is 2. The quantitative estimate of drug-likeness (QED) is 0.854. The van der Waals surface area contributed by atoms with E-state index < -0.39 is 6.04 Å². The first kappa shape index (κ1) is 16.5. The van der Waals surface area contributed by atoms with Crippen molar-refractivity contribution in [1.29, 1.82) is 0 Å². The van der Waals surface area contributed by atoms with Crippen LogP contribution in [0.1, 0.15) is 11.6 Å². The van der Waals surface area contributed by atoms with Crippen molar-refractivity contribution in [3.05, 3.63) is 70.4 Å². The van der Waals surface area contributed by atoms with E-state index >= 15 is 0 Å². The summed E-state index contributed by atoms with van der Waals surface area (Å²) >= 11 is 5.95. The average molecular weight is 370 g/mol. The fourth-order valence-corrected chi connectivity index (χ4v) is 3.49. The second-order valence-corrected chi connectivity index (χ2v) is 6.67. The summed E-state index contributed by atoms with van der Waals surface area (Å²) in [6.45, 7) is 0.222. The molecule has 26 heavy (non-hydrogen) atoms. The number of hydrogen-bond donors (Lipinski definition) is 2. The highest BCUT2D eigenvalue weighted by Crippen LogP contribution is 2.39. The van der Waals surface area contributed by atoms with Crippen molar-refractivity contribution in [3.8, 4) is 5.75 Å². The van der Waals surface area contributed by atoms with Crippen LogP contribution in [-0.4, -0.2) is 35.5 Å². The zero-order chi connectivity index (χ0) is 18.4. The van der Waals surface area contributed by atoms with Crippen molar-refractivity contribution >= 4 is 29.2 Å². The number of hydrogen-bond acceptors (Lipinski definition) is 3. The normalized spacial score (nSPS) is 19.7. The van der Waals surface area contributed by atoms with Gasteiger partial charge in [-0.25, -0.2) is 4.79 Å². The maximum atomic E-state index is 13.1. The molecule has 1 atom stereocenters. The van der Waals surface area contributed by atoms with Crippen LogP contribution in [0.15, 0.2) is 59.8 Å². The van der Waals surface area contributed by atoms with Gasteiger partial charge in [0.1, 0.15) is 5.75 Å². The van der Waals surface area contributed by atoms with Gasteiger partial charge in [0.2, 0.25) is 0 Å². The Morgan fingerprint density at radius 1 is 1.12 bits per heavy atom. The second-order valence-electron chi connectivity index (χ2n) is 6.23. The van der Waals surface area contributed by atoms with Crippen LogP contribution < -0.4 is 10.2 Å². The number of para-hydroxylation sites is 2. The summed E-state index contributed by atoms with van der Waals surface area (Å²) in [5, 5.41) is 13.6. The molecule has 2 N–H and O–H groups in total. The molecule has 2 aliphatic rings. The van der Waals surface area contributed by atoms with Gasteiger partial charge in [0.15, 0.2) is 0 Å². The Balaban J connectivity index is 1.78. The number of benzene rings is 2. The lowest BCUT2D eigenvalue weighted by atomic mass is 9.96. The van der Waals surface area contributed by atoms with Crippen LogP contribution in [0.4, 0.5) is 10.5 Å². The van der Waals surface area contributed by atoms with Crippen molar-refractivity contribution in [3.63, 3.8) is 0 Å². The minimum Gasteiger partial charge on any atom is -0.506 e. The van der Waals surface area contributed by atoms with E-state index in [-0.39, 0.29) is 24.2 Å². The molecule has 0 aromatic heterocycles. The minimum atomic E-state index is -0.561. The number of aromatic hydroxyl groups is 1. The Labute approximate surface area is 155 Å². The predicted molar refractivity (Wildman–Crippen MR) is 98.0 cm³/mol. The molecule has 0 spiro atoms. The molecule has 6 nitrogen and oxygen atoms in total. The first-order valence-electron chi connectivity index (χ1n) is 8.10. The largest absolute Gasteiger partial charge is 0.506 e. The van der Waals surface area contributed by atoms with E-state index in [1.54, 1.807) is 49.5 Å². The molecule has 3 amide bonds. The molecule has 0 fully saturated rings. The number of amides is 3. The molecule has 132 valence electrons. The van der Waals surface area contributed by atoms with E-state index in [1.807, 2.05) is 0 Å². The first-order valence-corrected chi connectivity index (χ1v) is 8.47. The third kappa shape index (κ3) is 2.50. The van der Waals surface area contributed by atoms with Crippen molar-refractivity contribution in [2.45, 2.75) is 6.04 Å². The number of nitrogens with zero attached hydrogens (tertiary/aromatic N) is 2. The van der Waals surface area contributed by atoms with Gasteiger partial charge >= 0.3 is 6.03 Å². The lowest BCUT2D eigenvalue weighted by Crippen LogP contribution is -2.45. The van der Waals surface area contributed by atoms with Gasteiger partial charge in [-0.05, 0) is 29.8 Å². The fourth-order valence-electron chi connectivity index (χ4n) is 3.36. The van der Waals surface area contributed by atoms with E-state index in [1.165, 1.54) is 15.9 Å². The van der Waals surface area contributed by atoms with Crippen LogP contribution in [0.25, 0.3) is 0 Å². The third-order valence-corrected chi connectivity index (χ3v) is 4.99. The Bertz CT molecular complexity index is 939. The molecular formula is C19H16ClN3O3. The van der Waals surface area contributed by atoms with Crippen LogP contribution in [0.3, 0.4) is 0 Å². The average Bonchev–Trinajstić information content (AvgIpc) is 2.97. The Hall–Kier alpha value is -2.99. The molecule has 2 aromatic rings. The molecule has 0 bridgehead atoms. The number of anilines is 1. The van der Waals surface area contributed by atoms with Crippen LogP contribution >= 0.6 is 11.6 Å². The van der Waals surface area contributed by atoms with Crippen molar-refractivity contribution in [2.75, 3.05) is 18.5 Å². The number of rotatable bonds is 2. The van der Waals surface area contributed by atoms with Gasteiger partial charge in [0.25, 0.3) is 5.91 Å². The maximum Gasteiger partial charge on any atom is 0.322 e. The van der Waals surface area contributed by atoms with E-state index in [0.29, 0.717) is 22.0 Å². The number of carbonyl (C=O) groups is 2. The number of nitrogens with one attached hydrogen (secondary N) is 1. The van der Waals surface area contributed by atoms with Gasteiger partial charge in [0.05, 0.1) is 29.5 Å². The summed E-state index contributed by atoms with van der Waals surface area (Å²) in [5.74, 6) is -0.223. The molecule has 4 rings (SSSR count). The van der Waals surface area contributed by atoms with E-state index in [2.05, 4.69) is 5.32 Å². The van der Waals surface area contributed by atoms with Crippen LogP contribution in [0.5, 0.6) is 5.75 Å². The molecule has 2 heterocycles. The van der Waals surface area contributed by atoms with Crippen molar-refractivity contribution in [1.82, 2.24) is 10.2 Å². The highest BCUT2D eigenvalue weighted by Gasteiger charge is 2.43. The zero-order valence-electron chi connectivity index (χ0n) is 13.9. The summed E-state index contributed by atoms with van der Waals surface area (Å²) in [6, 6.07) is 12.8. The molecule has 0 saturated carbocycles. The highest BCUT2D eigenvalue weighted by atomic mass is 35.5. The highest BCUT2D eigenvalue weighted by molar-refractivity contribution is 6.30. The summed E-state index contributed by atoms with van der Waals surface area (Å²) in [7, 11) is 1.63. The summed E-state index contributed by atoms with van der Waals surface area (Å²) < 4.78 is 0. The Kier molecular flexibility index (Phi) is 3.85. The third-order valence-electron chi connectivity index (χ3n) is 4.74. The molecule has 0 unspecified atom stereocenters. The maximum absolute atomic E-state index is 13.1. The standard InChI is InChI=1S/C19H16ClN3O3/c1-22-14-10-23(13-4-2-3-5-15(13)24)18(25)16(14)17(21-19(22)26)11-6-8-12(20)9-7-11/h2-9,17,24H,10H2,1H3,(H,21,26)/t17-/m0/s1. The number of phenolic OH excluding ortho intramolecular Hbond substituents is 1.